The van der Waals surface area contributed by atoms with Crippen molar-refractivity contribution in [1.29, 1.82) is 0 Å². The number of nitrogens with two attached hydrogens (primary N) is 1. The number of hydrogen-bond donors (Lipinski definition) is 1. The maximum Gasteiger partial charge on any atom is 0.0831 e. The van der Waals surface area contributed by atoms with E-state index in [1.807, 2.05) is 0 Å². The second-order valence-electron chi connectivity index (χ2n) is 2.15. The first kappa shape index (κ1) is 6.99. The molecular formula is C6H13NO2. The van der Waals surface area contributed by atoms with Gasteiger partial charge in [-0.2, -0.15) is 0 Å². The van der Waals surface area contributed by atoms with Gasteiger partial charge in [-0.15, -0.1) is 0 Å². The van der Waals surface area contributed by atoms with Gasteiger partial charge in [0.15, 0.2) is 0 Å². The number of rotatable bonds is 3. The highest BCUT2D eigenvalue weighted by molar-refractivity contribution is 4.62. The Morgan fingerprint density at radius 2 is 2.56 bits per heavy atom. The quantitative estimate of drug-likeness (QED) is 0.574. The summed E-state index contributed by atoms with van der Waals surface area (Å²) in [5.41, 5.74) is 5.24. The molecule has 54 valence electrons. The van der Waals surface area contributed by atoms with Gasteiger partial charge in [-0.25, -0.2) is 0 Å². The van der Waals surface area contributed by atoms with E-state index in [-0.39, 0.29) is 0 Å². The van der Waals surface area contributed by atoms with Crippen LogP contribution in [0.4, 0.5) is 0 Å². The molecule has 0 spiro atoms. The van der Waals surface area contributed by atoms with E-state index in [1.54, 1.807) is 0 Å². The summed E-state index contributed by atoms with van der Waals surface area (Å²) in [5, 5.41) is 0. The van der Waals surface area contributed by atoms with Crippen molar-refractivity contribution in [3.05, 3.63) is 0 Å². The van der Waals surface area contributed by atoms with Crippen molar-refractivity contribution >= 4 is 0 Å². The molecule has 1 fully saturated rings. The van der Waals surface area contributed by atoms with Gasteiger partial charge in [-0.05, 0) is 6.42 Å². The smallest absolute Gasteiger partial charge is 0.0831 e. The van der Waals surface area contributed by atoms with Crippen LogP contribution in [0.15, 0.2) is 0 Å². The maximum absolute atomic E-state index is 5.30. The summed E-state index contributed by atoms with van der Waals surface area (Å²) >= 11 is 0. The van der Waals surface area contributed by atoms with Gasteiger partial charge in [0, 0.05) is 13.2 Å². The van der Waals surface area contributed by atoms with Gasteiger partial charge in [0.2, 0.25) is 0 Å². The van der Waals surface area contributed by atoms with Gasteiger partial charge in [-0.1, -0.05) is 0 Å². The summed E-state index contributed by atoms with van der Waals surface area (Å²) in [4.78, 5) is 0. The van der Waals surface area contributed by atoms with E-state index < -0.39 is 0 Å². The Morgan fingerprint density at radius 1 is 1.67 bits per heavy atom. The molecule has 0 bridgehead atoms. The topological polar surface area (TPSA) is 44.5 Å². The van der Waals surface area contributed by atoms with Gasteiger partial charge in [-0.3, -0.25) is 0 Å². The molecule has 0 aromatic heterocycles. The first-order valence-corrected chi connectivity index (χ1v) is 3.33. The zero-order chi connectivity index (χ0) is 6.53. The van der Waals surface area contributed by atoms with Gasteiger partial charge in [0.25, 0.3) is 0 Å². The third kappa shape index (κ3) is 2.30. The fraction of sp³-hybridized carbons (Fsp3) is 1.00. The van der Waals surface area contributed by atoms with Crippen LogP contribution in [0.3, 0.4) is 0 Å². The van der Waals surface area contributed by atoms with E-state index in [4.69, 9.17) is 15.2 Å². The second-order valence-corrected chi connectivity index (χ2v) is 2.15. The van der Waals surface area contributed by atoms with E-state index >= 15 is 0 Å². The standard InChI is InChI=1S/C6H13NO2/c7-2-4-9-6-1-3-8-5-6/h6H,1-5,7H2/t6-/m0/s1. The van der Waals surface area contributed by atoms with Crippen molar-refractivity contribution in [2.24, 2.45) is 5.73 Å². The zero-order valence-electron chi connectivity index (χ0n) is 5.51. The Morgan fingerprint density at radius 3 is 3.11 bits per heavy atom. The van der Waals surface area contributed by atoms with E-state index in [0.29, 0.717) is 19.3 Å². The molecule has 2 N–H and O–H groups in total. The Balaban J connectivity index is 1.98. The molecule has 0 aromatic rings. The Bertz CT molecular complexity index is 71.5. The van der Waals surface area contributed by atoms with Gasteiger partial charge < -0.3 is 15.2 Å². The van der Waals surface area contributed by atoms with Gasteiger partial charge in [0.1, 0.15) is 0 Å². The lowest BCUT2D eigenvalue weighted by Gasteiger charge is -2.06. The van der Waals surface area contributed by atoms with Gasteiger partial charge >= 0.3 is 0 Å². The van der Waals surface area contributed by atoms with Crippen LogP contribution >= 0.6 is 0 Å². The molecule has 0 aromatic carbocycles. The fourth-order valence-corrected chi connectivity index (χ4v) is 0.879. The van der Waals surface area contributed by atoms with E-state index in [2.05, 4.69) is 0 Å². The monoisotopic (exact) mass is 131 g/mol. The average molecular weight is 131 g/mol. The molecule has 0 amide bonds. The predicted octanol–water partition coefficient (Wildman–Crippen LogP) is -0.249. The normalized spacial score (nSPS) is 27.0. The predicted molar refractivity (Wildman–Crippen MR) is 34.2 cm³/mol. The SMILES string of the molecule is NCCO[C@H]1CCOC1. The van der Waals surface area contributed by atoms with Crippen LogP contribution in [0.5, 0.6) is 0 Å². The minimum Gasteiger partial charge on any atom is -0.379 e. The minimum absolute atomic E-state index is 0.313. The first-order chi connectivity index (χ1) is 4.43. The first-order valence-electron chi connectivity index (χ1n) is 3.33. The molecule has 1 rings (SSSR count). The van der Waals surface area contributed by atoms with Crippen LogP contribution < -0.4 is 5.73 Å². The number of hydrogen-bond acceptors (Lipinski definition) is 3. The third-order valence-electron chi connectivity index (χ3n) is 1.36. The molecule has 1 aliphatic heterocycles. The molecule has 9 heavy (non-hydrogen) atoms. The summed E-state index contributed by atoms with van der Waals surface area (Å²) in [7, 11) is 0. The van der Waals surface area contributed by atoms with Crippen molar-refractivity contribution in [3.8, 4) is 0 Å². The molecule has 3 nitrogen and oxygen atoms in total. The average Bonchev–Trinajstić information content (AvgIpc) is 2.34. The van der Waals surface area contributed by atoms with Crippen LogP contribution in [-0.2, 0) is 9.47 Å². The summed E-state index contributed by atoms with van der Waals surface area (Å²) in [6.45, 7) is 2.86. The Hall–Kier alpha value is -0.120. The minimum atomic E-state index is 0.313. The highest BCUT2D eigenvalue weighted by Crippen LogP contribution is 2.06. The van der Waals surface area contributed by atoms with Crippen LogP contribution in [0, 0.1) is 0 Å². The lowest BCUT2D eigenvalue weighted by atomic mass is 10.3. The zero-order valence-corrected chi connectivity index (χ0v) is 5.51. The van der Waals surface area contributed by atoms with E-state index in [1.165, 1.54) is 0 Å². The van der Waals surface area contributed by atoms with Crippen molar-refractivity contribution in [1.82, 2.24) is 0 Å². The molecule has 1 atom stereocenters. The highest BCUT2D eigenvalue weighted by Gasteiger charge is 2.14. The summed E-state index contributed by atoms with van der Waals surface area (Å²) in [5.74, 6) is 0. The number of ether oxygens (including phenoxy) is 2. The molecule has 0 unspecified atom stereocenters. The third-order valence-corrected chi connectivity index (χ3v) is 1.36. The van der Waals surface area contributed by atoms with Crippen LogP contribution in [-0.4, -0.2) is 32.5 Å². The fourth-order valence-electron chi connectivity index (χ4n) is 0.879. The van der Waals surface area contributed by atoms with Gasteiger partial charge in [0.05, 0.1) is 19.3 Å². The Labute approximate surface area is 55.1 Å². The summed E-state index contributed by atoms with van der Waals surface area (Å²) in [6.07, 6.45) is 1.34. The van der Waals surface area contributed by atoms with Crippen LogP contribution in [0.2, 0.25) is 0 Å². The van der Waals surface area contributed by atoms with Crippen molar-refractivity contribution in [2.45, 2.75) is 12.5 Å². The van der Waals surface area contributed by atoms with E-state index in [9.17, 15) is 0 Å². The van der Waals surface area contributed by atoms with Crippen LogP contribution in [0.25, 0.3) is 0 Å². The molecule has 1 heterocycles. The molecular weight excluding hydrogens is 118 g/mol. The van der Waals surface area contributed by atoms with Crippen molar-refractivity contribution < 1.29 is 9.47 Å². The molecule has 0 saturated carbocycles. The Kier molecular flexibility index (Phi) is 2.97. The maximum atomic E-state index is 5.30. The van der Waals surface area contributed by atoms with E-state index in [0.717, 1.165) is 19.6 Å². The lowest BCUT2D eigenvalue weighted by Crippen LogP contribution is -2.17. The molecule has 3 heteroatoms. The summed E-state index contributed by atoms with van der Waals surface area (Å²) in [6, 6.07) is 0. The molecule has 0 radical (unpaired) electrons. The van der Waals surface area contributed by atoms with Crippen LogP contribution in [0.1, 0.15) is 6.42 Å². The molecule has 1 saturated heterocycles. The van der Waals surface area contributed by atoms with Crippen molar-refractivity contribution in [2.75, 3.05) is 26.4 Å². The largest absolute Gasteiger partial charge is 0.379 e. The van der Waals surface area contributed by atoms with Crippen molar-refractivity contribution in [3.63, 3.8) is 0 Å². The molecule has 1 aliphatic rings. The molecule has 0 aliphatic carbocycles. The second kappa shape index (κ2) is 3.82. The summed E-state index contributed by atoms with van der Waals surface area (Å²) < 4.78 is 10.4. The highest BCUT2D eigenvalue weighted by atomic mass is 16.5. The lowest BCUT2D eigenvalue weighted by molar-refractivity contribution is 0.0475.